The molecule has 1 nitrogen and oxygen atoms in total. The normalized spacial score (nSPS) is 11.6. The van der Waals surface area contributed by atoms with Crippen molar-refractivity contribution in [2.75, 3.05) is 5.32 Å². The summed E-state index contributed by atoms with van der Waals surface area (Å²) in [6, 6.07) is 22.7. The van der Waals surface area contributed by atoms with Gasteiger partial charge in [-0.2, -0.15) is 13.2 Å². The fourth-order valence-electron chi connectivity index (χ4n) is 2.34. The minimum Gasteiger partial charge on any atom is -0.356 e. The number of anilines is 2. The third kappa shape index (κ3) is 4.73. The van der Waals surface area contributed by atoms with Gasteiger partial charge in [0.25, 0.3) is 0 Å². The van der Waals surface area contributed by atoms with Gasteiger partial charge in [-0.1, -0.05) is 54.6 Å². The van der Waals surface area contributed by atoms with E-state index in [9.17, 15) is 13.2 Å². The number of hydrogen-bond donors (Lipinski definition) is 1. The first kappa shape index (κ1) is 16.8. The van der Waals surface area contributed by atoms with E-state index in [4.69, 9.17) is 0 Å². The predicted molar refractivity (Wildman–Crippen MR) is 96.5 cm³/mol. The lowest BCUT2D eigenvalue weighted by Gasteiger charge is -2.09. The summed E-state index contributed by atoms with van der Waals surface area (Å²) in [6.07, 6.45) is -0.277. The van der Waals surface area contributed by atoms with Crippen molar-refractivity contribution in [1.82, 2.24) is 0 Å². The van der Waals surface area contributed by atoms with Crippen LogP contribution in [-0.2, 0) is 6.18 Å². The lowest BCUT2D eigenvalue weighted by atomic mass is 10.1. The Hall–Kier alpha value is -3.01. The van der Waals surface area contributed by atoms with Gasteiger partial charge in [0.15, 0.2) is 0 Å². The van der Waals surface area contributed by atoms with E-state index < -0.39 is 11.7 Å². The van der Waals surface area contributed by atoms with Gasteiger partial charge in [-0.3, -0.25) is 0 Å². The second-order valence-electron chi connectivity index (χ2n) is 5.57. The topological polar surface area (TPSA) is 12.0 Å². The van der Waals surface area contributed by atoms with Crippen LogP contribution in [0.2, 0.25) is 0 Å². The molecule has 3 aromatic carbocycles. The summed E-state index contributed by atoms with van der Waals surface area (Å²) in [6.45, 7) is 0. The second kappa shape index (κ2) is 7.26. The molecule has 126 valence electrons. The Bertz CT molecular complexity index is 833. The van der Waals surface area contributed by atoms with Crippen LogP contribution < -0.4 is 5.32 Å². The van der Waals surface area contributed by atoms with E-state index in [1.807, 2.05) is 66.7 Å². The Morgan fingerprint density at radius 3 is 1.60 bits per heavy atom. The van der Waals surface area contributed by atoms with Crippen LogP contribution in [0.3, 0.4) is 0 Å². The van der Waals surface area contributed by atoms with Gasteiger partial charge >= 0.3 is 6.18 Å². The van der Waals surface area contributed by atoms with E-state index in [2.05, 4.69) is 5.32 Å². The van der Waals surface area contributed by atoms with E-state index >= 15 is 0 Å². The number of alkyl halides is 3. The van der Waals surface area contributed by atoms with Crippen molar-refractivity contribution < 1.29 is 13.2 Å². The molecule has 0 fully saturated rings. The Morgan fingerprint density at radius 1 is 0.600 bits per heavy atom. The van der Waals surface area contributed by atoms with Crippen LogP contribution in [0.25, 0.3) is 12.2 Å². The summed E-state index contributed by atoms with van der Waals surface area (Å²) in [5.74, 6) is 0. The summed E-state index contributed by atoms with van der Waals surface area (Å²) in [5, 5.41) is 3.09. The van der Waals surface area contributed by atoms with Gasteiger partial charge in [-0.05, 0) is 47.5 Å². The Kier molecular flexibility index (Phi) is 4.89. The average Bonchev–Trinajstić information content (AvgIpc) is 2.62. The van der Waals surface area contributed by atoms with Gasteiger partial charge in [-0.25, -0.2) is 0 Å². The van der Waals surface area contributed by atoms with E-state index in [1.54, 1.807) is 0 Å². The van der Waals surface area contributed by atoms with E-state index in [-0.39, 0.29) is 0 Å². The maximum Gasteiger partial charge on any atom is 0.416 e. The first-order valence-electron chi connectivity index (χ1n) is 7.78. The molecular formula is C21H16F3N. The highest BCUT2D eigenvalue weighted by Gasteiger charge is 2.29. The highest BCUT2D eigenvalue weighted by atomic mass is 19.4. The van der Waals surface area contributed by atoms with Crippen LogP contribution in [0.5, 0.6) is 0 Å². The predicted octanol–water partition coefficient (Wildman–Crippen LogP) is 6.62. The van der Waals surface area contributed by atoms with Crippen molar-refractivity contribution in [3.8, 4) is 0 Å². The number of rotatable bonds is 4. The minimum atomic E-state index is -4.31. The molecule has 0 amide bonds. The highest BCUT2D eigenvalue weighted by Crippen LogP contribution is 2.30. The molecule has 0 aromatic heterocycles. The number of halogens is 3. The molecule has 0 aliphatic heterocycles. The second-order valence-corrected chi connectivity index (χ2v) is 5.57. The molecule has 0 aliphatic rings. The van der Waals surface area contributed by atoms with Crippen LogP contribution in [0.4, 0.5) is 24.5 Å². The minimum absolute atomic E-state index is 0.612. The zero-order valence-electron chi connectivity index (χ0n) is 13.3. The van der Waals surface area contributed by atoms with Crippen LogP contribution >= 0.6 is 0 Å². The van der Waals surface area contributed by atoms with Crippen LogP contribution in [-0.4, -0.2) is 0 Å². The van der Waals surface area contributed by atoms with Crippen molar-refractivity contribution in [3.05, 3.63) is 95.6 Å². The Morgan fingerprint density at radius 2 is 1.08 bits per heavy atom. The Balaban J connectivity index is 1.65. The summed E-state index contributed by atoms with van der Waals surface area (Å²) in [4.78, 5) is 0. The van der Waals surface area contributed by atoms with E-state index in [1.165, 1.54) is 12.1 Å². The monoisotopic (exact) mass is 339 g/mol. The smallest absolute Gasteiger partial charge is 0.356 e. The molecule has 0 heterocycles. The van der Waals surface area contributed by atoms with Crippen LogP contribution in [0, 0.1) is 0 Å². The van der Waals surface area contributed by atoms with Gasteiger partial charge in [0.1, 0.15) is 0 Å². The first-order valence-corrected chi connectivity index (χ1v) is 7.78. The van der Waals surface area contributed by atoms with Gasteiger partial charge < -0.3 is 5.32 Å². The SMILES string of the molecule is FC(F)(F)c1ccc(Nc2ccc(/C=C/c3ccccc3)cc2)cc1. The molecule has 0 spiro atoms. The molecule has 0 saturated carbocycles. The number of nitrogens with one attached hydrogen (secondary N) is 1. The maximum atomic E-state index is 12.6. The van der Waals surface area contributed by atoms with E-state index in [0.717, 1.165) is 28.9 Å². The zero-order valence-corrected chi connectivity index (χ0v) is 13.3. The molecule has 0 atom stereocenters. The van der Waals surface area contributed by atoms with Crippen LogP contribution in [0.15, 0.2) is 78.9 Å². The van der Waals surface area contributed by atoms with Gasteiger partial charge in [0.2, 0.25) is 0 Å². The maximum absolute atomic E-state index is 12.6. The van der Waals surface area contributed by atoms with Gasteiger partial charge in [-0.15, -0.1) is 0 Å². The summed E-state index contributed by atoms with van der Waals surface area (Å²) in [5.41, 5.74) is 2.94. The molecule has 1 N–H and O–H groups in total. The molecular weight excluding hydrogens is 323 g/mol. The molecule has 3 aromatic rings. The van der Waals surface area contributed by atoms with Gasteiger partial charge in [0.05, 0.1) is 5.56 Å². The van der Waals surface area contributed by atoms with Crippen molar-refractivity contribution in [3.63, 3.8) is 0 Å². The third-order valence-electron chi connectivity index (χ3n) is 3.68. The summed E-state index contributed by atoms with van der Waals surface area (Å²) >= 11 is 0. The molecule has 0 aliphatic carbocycles. The highest BCUT2D eigenvalue weighted by molar-refractivity contribution is 5.71. The molecule has 4 heteroatoms. The quantitative estimate of drug-likeness (QED) is 0.527. The number of hydrogen-bond acceptors (Lipinski definition) is 1. The lowest BCUT2D eigenvalue weighted by molar-refractivity contribution is -0.137. The summed E-state index contributed by atoms with van der Waals surface area (Å²) < 4.78 is 37.7. The largest absolute Gasteiger partial charge is 0.416 e. The molecule has 0 unspecified atom stereocenters. The first-order chi connectivity index (χ1) is 12.0. The molecule has 0 bridgehead atoms. The summed E-state index contributed by atoms with van der Waals surface area (Å²) in [7, 11) is 0. The molecule has 3 rings (SSSR count). The fourth-order valence-corrected chi connectivity index (χ4v) is 2.34. The van der Waals surface area contributed by atoms with Crippen LogP contribution in [0.1, 0.15) is 16.7 Å². The molecule has 25 heavy (non-hydrogen) atoms. The standard InChI is InChI=1S/C21H16F3N/c22-21(23,24)18-10-14-20(15-11-18)25-19-12-8-17(9-13-19)7-6-16-4-2-1-3-5-16/h1-15,25H/b7-6+. The number of benzene rings is 3. The average molecular weight is 339 g/mol. The molecule has 0 saturated heterocycles. The fraction of sp³-hybridized carbons (Fsp3) is 0.0476. The zero-order chi connectivity index (χ0) is 17.7. The molecule has 0 radical (unpaired) electrons. The third-order valence-corrected chi connectivity index (χ3v) is 3.68. The van der Waals surface area contributed by atoms with Crippen molar-refractivity contribution in [2.45, 2.75) is 6.18 Å². The van der Waals surface area contributed by atoms with Crippen molar-refractivity contribution in [1.29, 1.82) is 0 Å². The van der Waals surface area contributed by atoms with Crippen molar-refractivity contribution in [2.24, 2.45) is 0 Å². The van der Waals surface area contributed by atoms with Crippen molar-refractivity contribution >= 4 is 23.5 Å². The lowest BCUT2D eigenvalue weighted by Crippen LogP contribution is -2.04. The Labute approximate surface area is 144 Å². The van der Waals surface area contributed by atoms with Gasteiger partial charge in [0, 0.05) is 11.4 Å². The van der Waals surface area contributed by atoms with E-state index in [0.29, 0.717) is 5.69 Å².